The number of rotatable bonds is 6. The number of fused-ring (bicyclic) bond motifs is 1. The number of nitrogens with zero attached hydrogens (tertiary/aromatic N) is 2. The number of halogens is 3. The third-order valence-corrected chi connectivity index (χ3v) is 5.95. The molecule has 1 aromatic heterocycles. The topological polar surface area (TPSA) is 66.5 Å². The summed E-state index contributed by atoms with van der Waals surface area (Å²) >= 11 is 0. The van der Waals surface area contributed by atoms with Gasteiger partial charge in [0, 0.05) is 43.3 Å². The van der Waals surface area contributed by atoms with Crippen LogP contribution >= 0.6 is 0 Å². The molecule has 180 valence electrons. The zero-order chi connectivity index (χ0) is 24.3. The second-order valence-corrected chi connectivity index (χ2v) is 8.65. The first-order valence-corrected chi connectivity index (χ1v) is 11.2. The van der Waals surface area contributed by atoms with Crippen LogP contribution in [-0.2, 0) is 0 Å². The molecule has 0 bridgehead atoms. The summed E-state index contributed by atoms with van der Waals surface area (Å²) in [5.41, 5.74) is 1.86. The molecule has 0 aliphatic heterocycles. The van der Waals surface area contributed by atoms with E-state index in [0.29, 0.717) is 12.8 Å². The van der Waals surface area contributed by atoms with E-state index in [1.54, 1.807) is 0 Å². The molecule has 34 heavy (non-hydrogen) atoms. The Morgan fingerprint density at radius 2 is 1.65 bits per heavy atom. The van der Waals surface area contributed by atoms with Crippen LogP contribution in [-0.4, -0.2) is 43.4 Å². The van der Waals surface area contributed by atoms with Crippen molar-refractivity contribution in [3.05, 3.63) is 60.2 Å². The molecule has 9 heteroatoms. The number of hydrogen-bond acceptors (Lipinski definition) is 5. The van der Waals surface area contributed by atoms with Gasteiger partial charge < -0.3 is 20.3 Å². The summed E-state index contributed by atoms with van der Waals surface area (Å²) in [6.07, 6.45) is -1.84. The Kier molecular flexibility index (Phi) is 6.81. The SMILES string of the molecule is CN(C)c1cc(NC2CCC(NC(=O)c3ccccc3OC(F)(F)F)CC2)nc2ccccc12. The van der Waals surface area contributed by atoms with E-state index in [4.69, 9.17) is 4.98 Å². The Hall–Kier alpha value is -3.49. The minimum Gasteiger partial charge on any atom is -0.405 e. The summed E-state index contributed by atoms with van der Waals surface area (Å²) in [6, 6.07) is 15.5. The molecule has 4 rings (SSSR count). The predicted octanol–water partition coefficient (Wildman–Crippen LogP) is 5.35. The summed E-state index contributed by atoms with van der Waals surface area (Å²) in [5.74, 6) is -0.266. The van der Waals surface area contributed by atoms with Gasteiger partial charge in [0.1, 0.15) is 11.6 Å². The maximum atomic E-state index is 12.7. The van der Waals surface area contributed by atoms with Crippen LogP contribution in [0.1, 0.15) is 36.0 Å². The molecule has 2 aromatic carbocycles. The van der Waals surface area contributed by atoms with E-state index >= 15 is 0 Å². The number of benzene rings is 2. The number of amides is 1. The van der Waals surface area contributed by atoms with Gasteiger partial charge in [0.05, 0.1) is 11.1 Å². The number of anilines is 2. The fourth-order valence-electron chi connectivity index (χ4n) is 4.32. The zero-order valence-electron chi connectivity index (χ0n) is 19.0. The van der Waals surface area contributed by atoms with Crippen molar-refractivity contribution in [3.63, 3.8) is 0 Å². The first kappa shape index (κ1) is 23.7. The summed E-state index contributed by atoms with van der Waals surface area (Å²) in [7, 11) is 3.99. The first-order chi connectivity index (χ1) is 16.2. The lowest BCUT2D eigenvalue weighted by Crippen LogP contribution is -2.40. The van der Waals surface area contributed by atoms with Gasteiger partial charge in [-0.1, -0.05) is 30.3 Å². The number of ether oxygens (including phenoxy) is 1. The van der Waals surface area contributed by atoms with E-state index in [-0.39, 0.29) is 17.6 Å². The highest BCUT2D eigenvalue weighted by molar-refractivity contribution is 5.97. The number of pyridine rings is 1. The van der Waals surface area contributed by atoms with Crippen molar-refractivity contribution in [2.45, 2.75) is 44.1 Å². The summed E-state index contributed by atoms with van der Waals surface area (Å²) in [6.45, 7) is 0. The van der Waals surface area contributed by atoms with E-state index in [0.717, 1.165) is 41.3 Å². The molecule has 1 saturated carbocycles. The van der Waals surface area contributed by atoms with E-state index in [1.807, 2.05) is 44.4 Å². The first-order valence-electron chi connectivity index (χ1n) is 11.2. The fraction of sp³-hybridized carbons (Fsp3) is 0.360. The Balaban J connectivity index is 1.37. The van der Waals surface area contributed by atoms with Gasteiger partial charge in [-0.3, -0.25) is 4.79 Å². The minimum atomic E-state index is -4.86. The summed E-state index contributed by atoms with van der Waals surface area (Å²) < 4.78 is 42.0. The van der Waals surface area contributed by atoms with E-state index < -0.39 is 18.0 Å². The fourth-order valence-corrected chi connectivity index (χ4v) is 4.32. The normalized spacial score (nSPS) is 18.4. The molecule has 1 aliphatic rings. The van der Waals surface area contributed by atoms with Gasteiger partial charge in [0.2, 0.25) is 0 Å². The predicted molar refractivity (Wildman–Crippen MR) is 126 cm³/mol. The van der Waals surface area contributed by atoms with Crippen LogP contribution in [0.3, 0.4) is 0 Å². The molecule has 0 spiro atoms. The monoisotopic (exact) mass is 472 g/mol. The highest BCUT2D eigenvalue weighted by Gasteiger charge is 2.33. The van der Waals surface area contributed by atoms with Crippen molar-refractivity contribution in [1.29, 1.82) is 0 Å². The third-order valence-electron chi connectivity index (χ3n) is 5.95. The average Bonchev–Trinajstić information content (AvgIpc) is 2.79. The molecule has 3 aromatic rings. The number of alkyl halides is 3. The zero-order valence-corrected chi connectivity index (χ0v) is 19.0. The minimum absolute atomic E-state index is 0.119. The lowest BCUT2D eigenvalue weighted by molar-refractivity contribution is -0.274. The maximum absolute atomic E-state index is 12.7. The summed E-state index contributed by atoms with van der Waals surface area (Å²) in [4.78, 5) is 19.4. The largest absolute Gasteiger partial charge is 0.573 e. The van der Waals surface area contributed by atoms with Crippen LogP contribution in [0.25, 0.3) is 10.9 Å². The molecular formula is C25H27F3N4O2. The lowest BCUT2D eigenvalue weighted by atomic mass is 9.91. The smallest absolute Gasteiger partial charge is 0.405 e. The molecule has 6 nitrogen and oxygen atoms in total. The molecule has 0 unspecified atom stereocenters. The van der Waals surface area contributed by atoms with Gasteiger partial charge >= 0.3 is 6.36 Å². The van der Waals surface area contributed by atoms with Gasteiger partial charge in [-0.05, 0) is 43.9 Å². The van der Waals surface area contributed by atoms with Crippen molar-refractivity contribution in [2.75, 3.05) is 24.3 Å². The van der Waals surface area contributed by atoms with Crippen molar-refractivity contribution >= 4 is 28.3 Å². The molecule has 1 amide bonds. The number of carbonyl (C=O) groups excluding carboxylic acids is 1. The van der Waals surface area contributed by atoms with Gasteiger partial charge in [-0.25, -0.2) is 4.98 Å². The highest BCUT2D eigenvalue weighted by atomic mass is 19.4. The van der Waals surface area contributed by atoms with Crippen molar-refractivity contribution in [3.8, 4) is 5.75 Å². The molecule has 2 N–H and O–H groups in total. The third kappa shape index (κ3) is 5.70. The number of hydrogen-bond donors (Lipinski definition) is 2. The molecule has 1 heterocycles. The molecule has 0 radical (unpaired) electrons. The second-order valence-electron chi connectivity index (χ2n) is 8.65. The second kappa shape index (κ2) is 9.79. The van der Waals surface area contributed by atoms with Crippen LogP contribution in [0.15, 0.2) is 54.6 Å². The highest BCUT2D eigenvalue weighted by Crippen LogP contribution is 2.30. The van der Waals surface area contributed by atoms with Crippen LogP contribution in [0, 0.1) is 0 Å². The summed E-state index contributed by atoms with van der Waals surface area (Å²) in [5, 5.41) is 7.45. The van der Waals surface area contributed by atoms with E-state index in [1.165, 1.54) is 18.2 Å². The number of carbonyl (C=O) groups is 1. The Labute approximate surface area is 196 Å². The van der Waals surface area contributed by atoms with E-state index in [9.17, 15) is 18.0 Å². The number of para-hydroxylation sites is 2. The number of aromatic nitrogens is 1. The Morgan fingerprint density at radius 3 is 2.35 bits per heavy atom. The molecular weight excluding hydrogens is 445 g/mol. The van der Waals surface area contributed by atoms with Gasteiger partial charge in [-0.15, -0.1) is 13.2 Å². The maximum Gasteiger partial charge on any atom is 0.573 e. The molecule has 1 aliphatic carbocycles. The molecule has 1 fully saturated rings. The Bertz CT molecular complexity index is 1160. The van der Waals surface area contributed by atoms with Gasteiger partial charge in [-0.2, -0.15) is 0 Å². The van der Waals surface area contributed by atoms with Crippen LogP contribution in [0.5, 0.6) is 5.75 Å². The van der Waals surface area contributed by atoms with E-state index in [2.05, 4.69) is 20.3 Å². The van der Waals surface area contributed by atoms with Crippen LogP contribution in [0.4, 0.5) is 24.7 Å². The van der Waals surface area contributed by atoms with Gasteiger partial charge in [0.25, 0.3) is 5.91 Å². The van der Waals surface area contributed by atoms with Crippen molar-refractivity contribution < 1.29 is 22.7 Å². The van der Waals surface area contributed by atoms with Crippen molar-refractivity contribution in [1.82, 2.24) is 10.3 Å². The van der Waals surface area contributed by atoms with Crippen molar-refractivity contribution in [2.24, 2.45) is 0 Å². The quantitative estimate of drug-likeness (QED) is 0.506. The van der Waals surface area contributed by atoms with Gasteiger partial charge in [0.15, 0.2) is 0 Å². The standard InChI is InChI=1S/C25H27F3N4O2/c1-32(2)21-15-23(31-20-9-5-3-7-18(20)21)29-16-11-13-17(14-12-16)30-24(33)19-8-4-6-10-22(19)34-25(26,27)28/h3-10,15-17H,11-14H2,1-2H3,(H,29,31)(H,30,33). The number of nitrogens with one attached hydrogen (secondary N) is 2. The lowest BCUT2D eigenvalue weighted by Gasteiger charge is -2.30. The molecule has 0 saturated heterocycles. The molecule has 0 atom stereocenters. The van der Waals surface area contributed by atoms with Crippen LogP contribution < -0.4 is 20.3 Å². The Morgan fingerprint density at radius 1 is 1.00 bits per heavy atom. The van der Waals surface area contributed by atoms with Crippen LogP contribution in [0.2, 0.25) is 0 Å². The average molecular weight is 473 g/mol.